The molecule has 5 N–H and O–H groups in total. The molecule has 36 heavy (non-hydrogen) atoms. The third-order valence-electron chi connectivity index (χ3n) is 5.45. The smallest absolute Gasteiger partial charge is 0.756 e. The molecule has 1 aromatic rings. The molecule has 204 valence electrons. The van der Waals surface area contributed by atoms with Gasteiger partial charge in [-0.25, -0.2) is 13.1 Å². The minimum atomic E-state index is -4.89. The van der Waals surface area contributed by atoms with E-state index in [0.717, 1.165) is 19.3 Å². The predicted octanol–water partition coefficient (Wildman–Crippen LogP) is 1.78. The number of phosphoric acid groups is 1. The molecular formula is C24H44KN2O7PS. The van der Waals surface area contributed by atoms with Gasteiger partial charge in [-0.1, -0.05) is 96.8 Å². The van der Waals surface area contributed by atoms with Crippen LogP contribution < -0.4 is 66.7 Å². The van der Waals surface area contributed by atoms with Crippen LogP contribution in [0.25, 0.3) is 0 Å². The first-order valence-electron chi connectivity index (χ1n) is 12.6. The van der Waals surface area contributed by atoms with E-state index >= 15 is 0 Å². The zero-order valence-electron chi connectivity index (χ0n) is 22.0. The number of unbranched alkanes of at least 4 members (excludes halogenated alkanes) is 14. The minimum Gasteiger partial charge on any atom is -0.756 e. The van der Waals surface area contributed by atoms with Crippen molar-refractivity contribution >= 4 is 29.4 Å². The van der Waals surface area contributed by atoms with E-state index in [-0.39, 0.29) is 62.7 Å². The Balaban J connectivity index is 0. The molecule has 0 aliphatic heterocycles. The molecule has 0 unspecified atom stereocenters. The molecule has 1 aromatic carbocycles. The maximum Gasteiger partial charge on any atom is 1.00 e. The van der Waals surface area contributed by atoms with Gasteiger partial charge in [-0.15, -0.1) is 0 Å². The molecule has 0 saturated carbocycles. The standard InChI is InChI=1S/C24H42N2O3S.K.H3O4P/c1-2-3-4-5-6-7-8-9-10-11-12-13-14-15-16-17-24(27)26-30(28,29)23-20-18-22(25)19-21-23;;1-5(2,3)4/h18-21H,2-17,25H2,1H3,(H,26,27);;(H3,1,2,3,4)/q;+1;/p-1. The number of hydrogen-bond acceptors (Lipinski definition) is 6. The van der Waals surface area contributed by atoms with E-state index in [9.17, 15) is 13.2 Å². The van der Waals surface area contributed by atoms with E-state index in [1.165, 1.54) is 101 Å². The number of amides is 1. The first-order chi connectivity index (χ1) is 16.5. The molecule has 0 bridgehead atoms. The summed E-state index contributed by atoms with van der Waals surface area (Å²) in [7, 11) is -8.69. The Bertz CT molecular complexity index is 825. The van der Waals surface area contributed by atoms with Gasteiger partial charge < -0.3 is 20.4 Å². The Hall–Kier alpha value is 0.186. The van der Waals surface area contributed by atoms with Crippen LogP contribution in [0.1, 0.15) is 110 Å². The van der Waals surface area contributed by atoms with Crippen LogP contribution >= 0.6 is 7.82 Å². The fourth-order valence-corrected chi connectivity index (χ4v) is 4.58. The number of nitrogen functional groups attached to an aromatic ring is 1. The normalized spacial score (nSPS) is 11.2. The van der Waals surface area contributed by atoms with Crippen LogP contribution in [0.4, 0.5) is 5.69 Å². The molecule has 0 heterocycles. The van der Waals surface area contributed by atoms with Crippen LogP contribution in [-0.4, -0.2) is 24.1 Å². The van der Waals surface area contributed by atoms with Gasteiger partial charge in [0.05, 0.1) is 4.90 Å². The summed E-state index contributed by atoms with van der Waals surface area (Å²) < 4.78 is 35.2. The predicted molar refractivity (Wildman–Crippen MR) is 138 cm³/mol. The van der Waals surface area contributed by atoms with Crippen LogP contribution in [0.15, 0.2) is 29.2 Å². The number of benzene rings is 1. The number of nitrogens with one attached hydrogen (secondary N) is 1. The van der Waals surface area contributed by atoms with E-state index in [1.54, 1.807) is 0 Å². The van der Waals surface area contributed by atoms with E-state index in [1.807, 2.05) is 0 Å². The van der Waals surface area contributed by atoms with Crippen LogP contribution in [0.5, 0.6) is 0 Å². The molecule has 0 aliphatic rings. The van der Waals surface area contributed by atoms with Gasteiger partial charge in [0.25, 0.3) is 17.8 Å². The van der Waals surface area contributed by atoms with E-state index in [0.29, 0.717) is 5.69 Å². The van der Waals surface area contributed by atoms with Crippen molar-refractivity contribution in [1.29, 1.82) is 0 Å². The van der Waals surface area contributed by atoms with Crippen molar-refractivity contribution in [2.75, 3.05) is 5.73 Å². The summed E-state index contributed by atoms with van der Waals surface area (Å²) in [4.78, 5) is 34.9. The van der Waals surface area contributed by atoms with Gasteiger partial charge in [0.15, 0.2) is 0 Å². The quantitative estimate of drug-likeness (QED) is 0.0890. The zero-order valence-corrected chi connectivity index (χ0v) is 26.8. The summed E-state index contributed by atoms with van der Waals surface area (Å²) in [5, 5.41) is 0. The number of carbonyl (C=O) groups excluding carboxylic acids is 1. The number of hydrogen-bond donors (Lipinski definition) is 4. The number of sulfonamides is 1. The summed E-state index contributed by atoms with van der Waals surface area (Å²) in [5.74, 6) is -0.443. The minimum absolute atomic E-state index is 0. The van der Waals surface area contributed by atoms with E-state index in [2.05, 4.69) is 11.6 Å². The molecule has 0 radical (unpaired) electrons. The van der Waals surface area contributed by atoms with Gasteiger partial charge in [0, 0.05) is 12.1 Å². The number of nitrogens with two attached hydrogens (primary N) is 1. The largest absolute Gasteiger partial charge is 1.00 e. The Morgan fingerprint density at radius 3 is 1.53 bits per heavy atom. The van der Waals surface area contributed by atoms with Crippen molar-refractivity contribution in [3.63, 3.8) is 0 Å². The Labute approximate surface area is 260 Å². The topological polar surface area (TPSA) is 170 Å². The third-order valence-corrected chi connectivity index (χ3v) is 6.84. The number of rotatable bonds is 18. The van der Waals surface area contributed by atoms with Gasteiger partial charge in [-0.3, -0.25) is 9.36 Å². The van der Waals surface area contributed by atoms with Gasteiger partial charge >= 0.3 is 51.4 Å². The average Bonchev–Trinajstić information content (AvgIpc) is 2.75. The fourth-order valence-electron chi connectivity index (χ4n) is 3.56. The molecule has 0 spiro atoms. The van der Waals surface area contributed by atoms with Crippen molar-refractivity contribution in [3.05, 3.63) is 24.3 Å². The first kappa shape index (κ1) is 38.3. The second-order valence-electron chi connectivity index (χ2n) is 8.79. The van der Waals surface area contributed by atoms with E-state index < -0.39 is 23.8 Å². The molecule has 0 saturated heterocycles. The summed E-state index contributed by atoms with van der Waals surface area (Å²) >= 11 is 0. The zero-order chi connectivity index (χ0) is 26.6. The Morgan fingerprint density at radius 2 is 1.17 bits per heavy atom. The van der Waals surface area contributed by atoms with Crippen molar-refractivity contribution in [2.24, 2.45) is 0 Å². The van der Waals surface area contributed by atoms with Gasteiger partial charge in [-0.2, -0.15) is 0 Å². The second kappa shape index (κ2) is 23.1. The van der Waals surface area contributed by atoms with Crippen molar-refractivity contribution < 1.29 is 83.8 Å². The summed E-state index contributed by atoms with van der Waals surface area (Å²) in [6, 6.07) is 5.82. The molecule has 1 rings (SSSR count). The van der Waals surface area contributed by atoms with Crippen molar-refractivity contribution in [3.8, 4) is 0 Å². The molecule has 9 nitrogen and oxygen atoms in total. The van der Waals surface area contributed by atoms with Crippen LogP contribution in [0, 0.1) is 0 Å². The summed E-state index contributed by atoms with van der Waals surface area (Å²) in [6.45, 7) is 2.26. The maximum absolute atomic E-state index is 12.1. The Morgan fingerprint density at radius 1 is 0.833 bits per heavy atom. The average molecular weight is 575 g/mol. The van der Waals surface area contributed by atoms with Gasteiger partial charge in [-0.05, 0) is 30.7 Å². The van der Waals surface area contributed by atoms with Gasteiger partial charge in [0.1, 0.15) is 0 Å². The number of anilines is 1. The maximum atomic E-state index is 12.1. The summed E-state index contributed by atoms with van der Waals surface area (Å²) in [5.41, 5.74) is 6.04. The van der Waals surface area contributed by atoms with Gasteiger partial charge in [0.2, 0.25) is 5.91 Å². The molecule has 0 aromatic heterocycles. The van der Waals surface area contributed by atoms with E-state index in [4.69, 9.17) is 25.0 Å². The second-order valence-corrected chi connectivity index (χ2v) is 11.5. The Kier molecular flexibility index (Phi) is 24.6. The monoisotopic (exact) mass is 574 g/mol. The molecule has 0 atom stereocenters. The molecule has 0 aliphatic carbocycles. The molecule has 0 fully saturated rings. The van der Waals surface area contributed by atoms with Crippen LogP contribution in [0.2, 0.25) is 0 Å². The fraction of sp³-hybridized carbons (Fsp3) is 0.708. The van der Waals surface area contributed by atoms with Crippen molar-refractivity contribution in [1.82, 2.24) is 4.72 Å². The van der Waals surface area contributed by atoms with Crippen LogP contribution in [-0.2, 0) is 19.4 Å². The summed E-state index contributed by atoms with van der Waals surface area (Å²) in [6.07, 6.45) is 19.2. The third kappa shape index (κ3) is 25.8. The first-order valence-corrected chi connectivity index (χ1v) is 15.6. The van der Waals surface area contributed by atoms with Crippen LogP contribution in [0.3, 0.4) is 0 Å². The molecular weight excluding hydrogens is 530 g/mol. The van der Waals surface area contributed by atoms with Crippen molar-refractivity contribution in [2.45, 2.75) is 115 Å². The molecule has 12 heteroatoms. The number of carbonyl (C=O) groups is 1. The SMILES string of the molecule is CCCCCCCCCCCCCCCCCC(=O)NS(=O)(=O)c1ccc(N)cc1.O=P([O-])(O)O.[K+]. The molecule has 1 amide bonds.